The lowest BCUT2D eigenvalue weighted by Gasteiger charge is -2.32. The van der Waals surface area contributed by atoms with Crippen molar-refractivity contribution in [1.82, 2.24) is 4.90 Å². The van der Waals surface area contributed by atoms with Crippen molar-refractivity contribution < 1.29 is 13.9 Å². The summed E-state index contributed by atoms with van der Waals surface area (Å²) in [6, 6.07) is 13.9. The standard InChI is InChI=1S/C20H23FN2O2/c1-25-19-6-2-5-18(12-19)22-20(24)16-4-3-11-23(14-16)13-15-7-9-17(21)10-8-15/h2,5-10,12,16H,3-4,11,13-14H2,1H3,(H,22,24)/t16-/m0/s1. The topological polar surface area (TPSA) is 41.6 Å². The summed E-state index contributed by atoms with van der Waals surface area (Å²) in [6.45, 7) is 2.41. The molecule has 1 N–H and O–H groups in total. The molecule has 3 rings (SSSR count). The highest BCUT2D eigenvalue weighted by molar-refractivity contribution is 5.92. The van der Waals surface area contributed by atoms with Crippen LogP contribution in [0.1, 0.15) is 18.4 Å². The lowest BCUT2D eigenvalue weighted by Crippen LogP contribution is -2.40. The van der Waals surface area contributed by atoms with Gasteiger partial charge in [-0.05, 0) is 49.2 Å². The summed E-state index contributed by atoms with van der Waals surface area (Å²) in [4.78, 5) is 14.8. The van der Waals surface area contributed by atoms with E-state index in [1.807, 2.05) is 24.3 Å². The van der Waals surface area contributed by atoms with Gasteiger partial charge in [-0.1, -0.05) is 18.2 Å². The second kappa shape index (κ2) is 8.12. The van der Waals surface area contributed by atoms with Crippen molar-refractivity contribution in [3.05, 3.63) is 59.9 Å². The van der Waals surface area contributed by atoms with Crippen molar-refractivity contribution in [2.75, 3.05) is 25.5 Å². The number of carbonyl (C=O) groups excluding carboxylic acids is 1. The quantitative estimate of drug-likeness (QED) is 0.901. The maximum absolute atomic E-state index is 13.0. The van der Waals surface area contributed by atoms with Gasteiger partial charge in [-0.15, -0.1) is 0 Å². The Morgan fingerprint density at radius 3 is 2.84 bits per heavy atom. The Kier molecular flexibility index (Phi) is 5.66. The van der Waals surface area contributed by atoms with Gasteiger partial charge in [-0.3, -0.25) is 9.69 Å². The molecular weight excluding hydrogens is 319 g/mol. The monoisotopic (exact) mass is 342 g/mol. The van der Waals surface area contributed by atoms with Crippen LogP contribution in [0, 0.1) is 11.7 Å². The van der Waals surface area contributed by atoms with Crippen molar-refractivity contribution in [2.45, 2.75) is 19.4 Å². The number of hydrogen-bond acceptors (Lipinski definition) is 3. The predicted molar refractivity (Wildman–Crippen MR) is 96.0 cm³/mol. The zero-order chi connectivity index (χ0) is 17.6. The number of ether oxygens (including phenoxy) is 1. The predicted octanol–water partition coefficient (Wildman–Crippen LogP) is 3.69. The van der Waals surface area contributed by atoms with Gasteiger partial charge in [0.05, 0.1) is 13.0 Å². The van der Waals surface area contributed by atoms with E-state index in [2.05, 4.69) is 10.2 Å². The molecule has 0 bridgehead atoms. The molecule has 1 heterocycles. The normalized spacial score (nSPS) is 17.9. The van der Waals surface area contributed by atoms with Crippen LogP contribution in [-0.4, -0.2) is 31.0 Å². The number of likely N-dealkylation sites (tertiary alicyclic amines) is 1. The van der Waals surface area contributed by atoms with Crippen molar-refractivity contribution in [1.29, 1.82) is 0 Å². The molecule has 25 heavy (non-hydrogen) atoms. The van der Waals surface area contributed by atoms with Crippen LogP contribution in [0.25, 0.3) is 0 Å². The molecule has 1 aliphatic rings. The molecule has 132 valence electrons. The van der Waals surface area contributed by atoms with Crippen LogP contribution in [0.4, 0.5) is 10.1 Å². The average Bonchev–Trinajstić information content (AvgIpc) is 2.64. The van der Waals surface area contributed by atoms with E-state index in [4.69, 9.17) is 4.74 Å². The highest BCUT2D eigenvalue weighted by Gasteiger charge is 2.25. The number of nitrogens with one attached hydrogen (secondary N) is 1. The molecular formula is C20H23FN2O2. The number of rotatable bonds is 5. The summed E-state index contributed by atoms with van der Waals surface area (Å²) >= 11 is 0. The van der Waals surface area contributed by atoms with Crippen molar-refractivity contribution in [2.24, 2.45) is 5.92 Å². The number of piperidine rings is 1. The Morgan fingerprint density at radius 1 is 1.28 bits per heavy atom. The molecule has 1 fully saturated rings. The summed E-state index contributed by atoms with van der Waals surface area (Å²) in [6.07, 6.45) is 1.87. The third kappa shape index (κ3) is 4.79. The van der Waals surface area contributed by atoms with Gasteiger partial charge < -0.3 is 10.1 Å². The fourth-order valence-electron chi connectivity index (χ4n) is 3.21. The first-order valence-corrected chi connectivity index (χ1v) is 8.56. The Bertz CT molecular complexity index is 718. The molecule has 1 saturated heterocycles. The molecule has 0 spiro atoms. The van der Waals surface area contributed by atoms with E-state index >= 15 is 0 Å². The summed E-state index contributed by atoms with van der Waals surface area (Å²) in [5.41, 5.74) is 1.82. The van der Waals surface area contributed by atoms with Crippen molar-refractivity contribution in [3.63, 3.8) is 0 Å². The minimum atomic E-state index is -0.224. The fraction of sp³-hybridized carbons (Fsp3) is 0.350. The third-order valence-electron chi connectivity index (χ3n) is 4.53. The molecule has 0 aromatic heterocycles. The Balaban J connectivity index is 1.58. The minimum Gasteiger partial charge on any atom is -0.497 e. The second-order valence-electron chi connectivity index (χ2n) is 6.42. The van der Waals surface area contributed by atoms with Gasteiger partial charge in [0.1, 0.15) is 11.6 Å². The van der Waals surface area contributed by atoms with Crippen LogP contribution in [0.15, 0.2) is 48.5 Å². The third-order valence-corrected chi connectivity index (χ3v) is 4.53. The van der Waals surface area contributed by atoms with Gasteiger partial charge in [-0.2, -0.15) is 0 Å². The Morgan fingerprint density at radius 2 is 2.08 bits per heavy atom. The molecule has 2 aromatic carbocycles. The summed E-state index contributed by atoms with van der Waals surface area (Å²) < 4.78 is 18.2. The lowest BCUT2D eigenvalue weighted by molar-refractivity contribution is -0.121. The van der Waals surface area contributed by atoms with E-state index in [0.29, 0.717) is 6.54 Å². The van der Waals surface area contributed by atoms with E-state index < -0.39 is 0 Å². The molecule has 1 amide bonds. The zero-order valence-electron chi connectivity index (χ0n) is 14.4. The molecule has 1 aliphatic heterocycles. The van der Waals surface area contributed by atoms with Crippen LogP contribution in [0.5, 0.6) is 5.75 Å². The molecule has 1 atom stereocenters. The van der Waals surface area contributed by atoms with Crippen molar-refractivity contribution >= 4 is 11.6 Å². The number of amides is 1. The summed E-state index contributed by atoms with van der Waals surface area (Å²) in [7, 11) is 1.61. The van der Waals surface area contributed by atoms with Crippen LogP contribution < -0.4 is 10.1 Å². The maximum atomic E-state index is 13.0. The van der Waals surface area contributed by atoms with E-state index in [1.54, 1.807) is 19.2 Å². The molecule has 0 radical (unpaired) electrons. The molecule has 5 heteroatoms. The highest BCUT2D eigenvalue weighted by Crippen LogP contribution is 2.22. The number of halogens is 1. The van der Waals surface area contributed by atoms with Crippen LogP contribution in [0.3, 0.4) is 0 Å². The smallest absolute Gasteiger partial charge is 0.228 e. The summed E-state index contributed by atoms with van der Waals surface area (Å²) in [5, 5.41) is 2.98. The molecule has 0 unspecified atom stereocenters. The van der Waals surface area contributed by atoms with Gasteiger partial charge >= 0.3 is 0 Å². The maximum Gasteiger partial charge on any atom is 0.228 e. The first-order valence-electron chi connectivity index (χ1n) is 8.56. The molecule has 0 aliphatic carbocycles. The number of nitrogens with zero attached hydrogens (tertiary/aromatic N) is 1. The number of anilines is 1. The van der Waals surface area contributed by atoms with E-state index in [-0.39, 0.29) is 17.6 Å². The number of methoxy groups -OCH3 is 1. The SMILES string of the molecule is COc1cccc(NC(=O)[C@H]2CCCN(Cc3ccc(F)cc3)C2)c1. The number of carbonyl (C=O) groups is 1. The van der Waals surface area contributed by atoms with Crippen LogP contribution in [0.2, 0.25) is 0 Å². The van der Waals surface area contributed by atoms with E-state index in [9.17, 15) is 9.18 Å². The highest BCUT2D eigenvalue weighted by atomic mass is 19.1. The second-order valence-corrected chi connectivity index (χ2v) is 6.42. The van der Waals surface area contributed by atoms with E-state index in [1.165, 1.54) is 12.1 Å². The zero-order valence-corrected chi connectivity index (χ0v) is 14.4. The summed E-state index contributed by atoms with van der Waals surface area (Å²) in [5.74, 6) is 0.495. The van der Waals surface area contributed by atoms with Crippen LogP contribution >= 0.6 is 0 Å². The molecule has 2 aromatic rings. The van der Waals surface area contributed by atoms with Crippen LogP contribution in [-0.2, 0) is 11.3 Å². The van der Waals surface area contributed by atoms with Gasteiger partial charge in [0.25, 0.3) is 0 Å². The number of benzene rings is 2. The van der Waals surface area contributed by atoms with Gasteiger partial charge in [-0.25, -0.2) is 4.39 Å². The number of hydrogen-bond donors (Lipinski definition) is 1. The van der Waals surface area contributed by atoms with Gasteiger partial charge in [0.2, 0.25) is 5.91 Å². The molecule has 0 saturated carbocycles. The first-order chi connectivity index (χ1) is 12.1. The fourth-order valence-corrected chi connectivity index (χ4v) is 3.21. The largest absolute Gasteiger partial charge is 0.497 e. The average molecular weight is 342 g/mol. The van der Waals surface area contributed by atoms with Gasteiger partial charge in [0.15, 0.2) is 0 Å². The first kappa shape index (κ1) is 17.4. The Hall–Kier alpha value is -2.40. The van der Waals surface area contributed by atoms with E-state index in [0.717, 1.165) is 42.9 Å². The minimum absolute atomic E-state index is 0.0389. The van der Waals surface area contributed by atoms with Gasteiger partial charge in [0, 0.05) is 24.8 Å². The molecule has 4 nitrogen and oxygen atoms in total. The van der Waals surface area contributed by atoms with Crippen molar-refractivity contribution in [3.8, 4) is 5.75 Å². The Labute approximate surface area is 147 Å². The lowest BCUT2D eigenvalue weighted by atomic mass is 9.96.